The fourth-order valence-electron chi connectivity index (χ4n) is 1.87. The number of hydrogen-bond donors (Lipinski definition) is 2. The van der Waals surface area contributed by atoms with Gasteiger partial charge in [0.25, 0.3) is 0 Å². The predicted octanol–water partition coefficient (Wildman–Crippen LogP) is 2.60. The van der Waals surface area contributed by atoms with Crippen LogP contribution in [0.15, 0.2) is 24.3 Å². The third-order valence-electron chi connectivity index (χ3n) is 2.97. The van der Waals surface area contributed by atoms with Crippen LogP contribution < -0.4 is 5.32 Å². The average molecular weight is 251 g/mol. The summed E-state index contributed by atoms with van der Waals surface area (Å²) in [6, 6.07) is 8.42. The van der Waals surface area contributed by atoms with Crippen LogP contribution in [0.25, 0.3) is 0 Å². The summed E-state index contributed by atoms with van der Waals surface area (Å²) < 4.78 is 0. The first-order chi connectivity index (χ1) is 8.08. The Morgan fingerprint density at radius 3 is 2.53 bits per heavy atom. The van der Waals surface area contributed by atoms with Crippen LogP contribution in [-0.4, -0.2) is 22.9 Å². The van der Waals surface area contributed by atoms with Crippen molar-refractivity contribution in [2.24, 2.45) is 0 Å². The lowest BCUT2D eigenvalue weighted by Crippen LogP contribution is -2.21. The van der Waals surface area contributed by atoms with Crippen molar-refractivity contribution in [3.05, 3.63) is 35.4 Å². The molecular weight excluding hydrogens is 234 g/mol. The first kappa shape index (κ1) is 12.5. The fraction of sp³-hybridized carbons (Fsp3) is 0.462. The zero-order valence-electron chi connectivity index (χ0n) is 10.0. The summed E-state index contributed by atoms with van der Waals surface area (Å²) in [7, 11) is 0. The molecule has 3 nitrogen and oxygen atoms in total. The molecular formula is C13H17NO2S. The molecule has 1 aromatic carbocycles. The van der Waals surface area contributed by atoms with Crippen LogP contribution >= 0.6 is 11.8 Å². The highest BCUT2D eigenvalue weighted by Crippen LogP contribution is 2.35. The van der Waals surface area contributed by atoms with Crippen LogP contribution in [0.3, 0.4) is 0 Å². The van der Waals surface area contributed by atoms with E-state index < -0.39 is 5.97 Å². The summed E-state index contributed by atoms with van der Waals surface area (Å²) in [5, 5.41) is 11.9. The second kappa shape index (κ2) is 5.10. The summed E-state index contributed by atoms with van der Waals surface area (Å²) >= 11 is 1.48. The van der Waals surface area contributed by atoms with Gasteiger partial charge in [-0.05, 0) is 17.0 Å². The summed E-state index contributed by atoms with van der Waals surface area (Å²) in [6.45, 7) is 4.87. The van der Waals surface area contributed by atoms with E-state index in [2.05, 4.69) is 43.4 Å². The molecule has 0 radical (unpaired) electrons. The smallest absolute Gasteiger partial charge is 0.318 e. The zero-order chi connectivity index (χ0) is 12.4. The number of nitrogens with one attached hydrogen (secondary N) is 1. The maximum atomic E-state index is 10.9. The molecule has 1 fully saturated rings. The van der Waals surface area contributed by atoms with Crippen molar-refractivity contribution in [3.8, 4) is 0 Å². The summed E-state index contributed by atoms with van der Waals surface area (Å²) in [4.78, 5) is 10.9. The van der Waals surface area contributed by atoms with E-state index in [0.29, 0.717) is 12.5 Å². The Bertz CT molecular complexity index is 402. The molecule has 1 saturated heterocycles. The maximum Gasteiger partial charge on any atom is 0.318 e. The predicted molar refractivity (Wildman–Crippen MR) is 70.3 cm³/mol. The van der Waals surface area contributed by atoms with Crippen LogP contribution in [0.1, 0.15) is 36.3 Å². The lowest BCUT2D eigenvalue weighted by molar-refractivity contribution is -0.136. The molecule has 0 saturated carbocycles. The van der Waals surface area contributed by atoms with Gasteiger partial charge < -0.3 is 5.11 Å². The molecule has 17 heavy (non-hydrogen) atoms. The largest absolute Gasteiger partial charge is 0.480 e. The van der Waals surface area contributed by atoms with Gasteiger partial charge in [0, 0.05) is 6.54 Å². The zero-order valence-corrected chi connectivity index (χ0v) is 10.8. The first-order valence-corrected chi connectivity index (χ1v) is 6.73. The fourth-order valence-corrected chi connectivity index (χ4v) is 3.02. The summed E-state index contributed by atoms with van der Waals surface area (Å²) in [5.74, 6) is -0.205. The maximum absolute atomic E-state index is 10.9. The van der Waals surface area contributed by atoms with E-state index in [1.807, 2.05) is 0 Å². The second-order valence-electron chi connectivity index (χ2n) is 4.57. The molecule has 1 heterocycles. The van der Waals surface area contributed by atoms with Gasteiger partial charge in [0.1, 0.15) is 5.25 Å². The first-order valence-electron chi connectivity index (χ1n) is 5.79. The van der Waals surface area contributed by atoms with Gasteiger partial charge in [-0.2, -0.15) is 0 Å². The third kappa shape index (κ3) is 2.82. The molecule has 1 aliphatic heterocycles. The second-order valence-corrected chi connectivity index (χ2v) is 5.89. The molecule has 2 rings (SSSR count). The Hall–Kier alpha value is -1.00. The number of thioether (sulfide) groups is 1. The van der Waals surface area contributed by atoms with Gasteiger partial charge in [-0.3, -0.25) is 10.1 Å². The van der Waals surface area contributed by atoms with Crippen molar-refractivity contribution in [3.63, 3.8) is 0 Å². The van der Waals surface area contributed by atoms with E-state index in [1.54, 1.807) is 0 Å². The monoisotopic (exact) mass is 251 g/mol. The van der Waals surface area contributed by atoms with Crippen LogP contribution in [-0.2, 0) is 4.79 Å². The molecule has 0 aromatic heterocycles. The Kier molecular flexibility index (Phi) is 3.74. The lowest BCUT2D eigenvalue weighted by Gasteiger charge is -2.12. The minimum Gasteiger partial charge on any atom is -0.480 e. The van der Waals surface area contributed by atoms with Gasteiger partial charge in [-0.25, -0.2) is 0 Å². The van der Waals surface area contributed by atoms with E-state index in [4.69, 9.17) is 5.11 Å². The topological polar surface area (TPSA) is 49.3 Å². The molecule has 0 bridgehead atoms. The van der Waals surface area contributed by atoms with Crippen molar-refractivity contribution < 1.29 is 9.90 Å². The quantitative estimate of drug-likeness (QED) is 0.867. The van der Waals surface area contributed by atoms with Gasteiger partial charge in [0.2, 0.25) is 0 Å². The van der Waals surface area contributed by atoms with Crippen LogP contribution in [0.2, 0.25) is 0 Å². The number of rotatable bonds is 3. The highest BCUT2D eigenvalue weighted by atomic mass is 32.2. The molecule has 2 atom stereocenters. The van der Waals surface area contributed by atoms with Gasteiger partial charge in [-0.1, -0.05) is 38.1 Å². The molecule has 92 valence electrons. The van der Waals surface area contributed by atoms with Crippen molar-refractivity contribution in [2.75, 3.05) is 6.54 Å². The molecule has 4 heteroatoms. The number of hydrogen-bond acceptors (Lipinski definition) is 3. The van der Waals surface area contributed by atoms with Gasteiger partial charge in [-0.15, -0.1) is 11.8 Å². The van der Waals surface area contributed by atoms with E-state index in [0.717, 1.165) is 5.56 Å². The van der Waals surface area contributed by atoms with Crippen molar-refractivity contribution >= 4 is 17.7 Å². The Morgan fingerprint density at radius 1 is 1.41 bits per heavy atom. The van der Waals surface area contributed by atoms with Crippen molar-refractivity contribution in [1.29, 1.82) is 0 Å². The standard InChI is InChI=1S/C13H17NO2S/c1-8(2)9-3-5-10(6-4-9)12-14-7-11(17-12)13(15)16/h3-6,8,11-12,14H,7H2,1-2H3,(H,15,16)/t11-,12+/m0/s1. The van der Waals surface area contributed by atoms with Gasteiger partial charge in [0.15, 0.2) is 0 Å². The number of aliphatic carboxylic acids is 1. The highest BCUT2D eigenvalue weighted by Gasteiger charge is 2.30. The average Bonchev–Trinajstić information content (AvgIpc) is 2.78. The SMILES string of the molecule is CC(C)c1ccc([C@@H]2NC[C@@H](C(=O)O)S2)cc1. The molecule has 1 aromatic rings. The summed E-state index contributed by atoms with van der Waals surface area (Å²) in [6.07, 6.45) is 0. The van der Waals surface area contributed by atoms with E-state index in [9.17, 15) is 4.79 Å². The van der Waals surface area contributed by atoms with E-state index in [-0.39, 0.29) is 10.6 Å². The molecule has 0 spiro atoms. The minimum absolute atomic E-state index is 0.109. The van der Waals surface area contributed by atoms with E-state index >= 15 is 0 Å². The Balaban J connectivity index is 2.06. The number of carbonyl (C=O) groups is 1. The molecule has 1 aliphatic rings. The van der Waals surface area contributed by atoms with Crippen LogP contribution in [0, 0.1) is 0 Å². The van der Waals surface area contributed by atoms with Crippen LogP contribution in [0.5, 0.6) is 0 Å². The van der Waals surface area contributed by atoms with Gasteiger partial charge in [0.05, 0.1) is 5.37 Å². The number of carboxylic acid groups (broad SMARTS) is 1. The number of carboxylic acids is 1. The molecule has 2 N–H and O–H groups in total. The van der Waals surface area contributed by atoms with E-state index in [1.165, 1.54) is 17.3 Å². The normalized spacial score (nSPS) is 24.2. The number of benzene rings is 1. The van der Waals surface area contributed by atoms with Gasteiger partial charge >= 0.3 is 5.97 Å². The Morgan fingerprint density at radius 2 is 2.06 bits per heavy atom. The summed E-state index contributed by atoms with van der Waals surface area (Å²) in [5.41, 5.74) is 2.47. The molecule has 0 unspecified atom stereocenters. The lowest BCUT2D eigenvalue weighted by atomic mass is 10.0. The third-order valence-corrected chi connectivity index (χ3v) is 4.38. The van der Waals surface area contributed by atoms with Crippen LogP contribution in [0.4, 0.5) is 0 Å². The molecule has 0 amide bonds. The highest BCUT2D eigenvalue weighted by molar-refractivity contribution is 8.01. The Labute approximate surface area is 106 Å². The minimum atomic E-state index is -0.733. The van der Waals surface area contributed by atoms with Crippen molar-refractivity contribution in [1.82, 2.24) is 5.32 Å². The van der Waals surface area contributed by atoms with Crippen molar-refractivity contribution in [2.45, 2.75) is 30.4 Å². The molecule has 0 aliphatic carbocycles.